The average molecular weight is 490 g/mol. The molecule has 0 bridgehead atoms. The van der Waals surface area contributed by atoms with Crippen LogP contribution < -0.4 is 9.64 Å². The molecule has 3 aromatic heterocycles. The molecule has 0 saturated carbocycles. The van der Waals surface area contributed by atoms with E-state index >= 15 is 0 Å². The molecule has 6 rings (SSSR count). The minimum Gasteiger partial charge on any atom is -0.494 e. The monoisotopic (exact) mass is 489 g/mol. The summed E-state index contributed by atoms with van der Waals surface area (Å²) in [6.07, 6.45) is 9.85. The molecule has 188 valence electrons. The van der Waals surface area contributed by atoms with Gasteiger partial charge in [0.15, 0.2) is 17.2 Å². The molecule has 2 aliphatic heterocycles. The van der Waals surface area contributed by atoms with Gasteiger partial charge in [0, 0.05) is 68.0 Å². The van der Waals surface area contributed by atoms with Crippen molar-refractivity contribution in [2.24, 2.45) is 0 Å². The number of aromatic nitrogens is 4. The van der Waals surface area contributed by atoms with Crippen LogP contribution in [0.25, 0.3) is 27.7 Å². The zero-order valence-electron chi connectivity index (χ0n) is 21.1. The molecule has 9 heteroatoms. The number of hydrogen-bond donors (Lipinski definition) is 0. The predicted molar refractivity (Wildman–Crippen MR) is 139 cm³/mol. The summed E-state index contributed by atoms with van der Waals surface area (Å²) in [6.45, 7) is 7.84. The maximum atomic E-state index is 14.2. The number of ether oxygens (including phenoxy) is 1. The van der Waals surface area contributed by atoms with Gasteiger partial charge in [-0.3, -0.25) is 9.88 Å². The molecule has 4 aromatic rings. The van der Waals surface area contributed by atoms with Crippen molar-refractivity contribution in [3.8, 4) is 16.9 Å². The Kier molecular flexibility index (Phi) is 5.97. The van der Waals surface area contributed by atoms with Crippen LogP contribution in [0.4, 0.5) is 10.1 Å². The lowest BCUT2D eigenvalue weighted by Gasteiger charge is -2.45. The third-order valence-electron chi connectivity index (χ3n) is 7.99. The molecule has 36 heavy (non-hydrogen) atoms. The highest BCUT2D eigenvalue weighted by Crippen LogP contribution is 2.34. The Balaban J connectivity index is 1.23. The number of likely N-dealkylation sites (N-methyl/N-ethyl adjacent to an activating group) is 1. The van der Waals surface area contributed by atoms with Crippen LogP contribution in [0.1, 0.15) is 19.8 Å². The molecular weight excluding hydrogens is 457 g/mol. The number of rotatable bonds is 4. The number of fused-ring (bicyclic) bond motifs is 2. The van der Waals surface area contributed by atoms with E-state index in [-0.39, 0.29) is 5.75 Å². The number of nitrogens with zero attached hydrogens (tertiary/aromatic N) is 7. The predicted octanol–water partition coefficient (Wildman–Crippen LogP) is 3.70. The highest BCUT2D eigenvalue weighted by molar-refractivity contribution is 5.98. The Bertz CT molecular complexity index is 1400. The Morgan fingerprint density at radius 3 is 2.64 bits per heavy atom. The fourth-order valence-electron chi connectivity index (χ4n) is 5.65. The van der Waals surface area contributed by atoms with Crippen LogP contribution in [-0.4, -0.2) is 88.3 Å². The zero-order chi connectivity index (χ0) is 24.8. The van der Waals surface area contributed by atoms with E-state index in [1.165, 1.54) is 26.0 Å². The summed E-state index contributed by atoms with van der Waals surface area (Å²) in [5.74, 6) is -0.235. The van der Waals surface area contributed by atoms with Crippen molar-refractivity contribution < 1.29 is 9.13 Å². The van der Waals surface area contributed by atoms with Crippen LogP contribution in [0.5, 0.6) is 5.75 Å². The maximum Gasteiger partial charge on any atom is 0.167 e. The highest BCUT2D eigenvalue weighted by atomic mass is 19.1. The summed E-state index contributed by atoms with van der Waals surface area (Å²) in [6, 6.07) is 6.29. The van der Waals surface area contributed by atoms with Gasteiger partial charge in [-0.2, -0.15) is 5.10 Å². The van der Waals surface area contributed by atoms with Gasteiger partial charge in [0.2, 0.25) is 0 Å². The van der Waals surface area contributed by atoms with Crippen molar-refractivity contribution in [1.82, 2.24) is 29.4 Å². The van der Waals surface area contributed by atoms with Crippen molar-refractivity contribution in [2.45, 2.75) is 31.8 Å². The summed E-state index contributed by atoms with van der Waals surface area (Å²) in [5.41, 5.74) is 4.20. The first-order valence-corrected chi connectivity index (χ1v) is 12.7. The smallest absolute Gasteiger partial charge is 0.167 e. The van der Waals surface area contributed by atoms with Crippen molar-refractivity contribution in [1.29, 1.82) is 0 Å². The van der Waals surface area contributed by atoms with Crippen LogP contribution in [0.2, 0.25) is 0 Å². The van der Waals surface area contributed by atoms with Crippen LogP contribution in [0.15, 0.2) is 43.0 Å². The summed E-state index contributed by atoms with van der Waals surface area (Å²) in [5, 5.41) is 5.41. The van der Waals surface area contributed by atoms with E-state index < -0.39 is 5.82 Å². The van der Waals surface area contributed by atoms with Crippen LogP contribution in [0.3, 0.4) is 0 Å². The van der Waals surface area contributed by atoms with Gasteiger partial charge >= 0.3 is 0 Å². The number of pyridine rings is 1. The molecule has 0 spiro atoms. The zero-order valence-corrected chi connectivity index (χ0v) is 21.1. The minimum absolute atomic E-state index is 0.193. The van der Waals surface area contributed by atoms with Gasteiger partial charge in [0.05, 0.1) is 36.9 Å². The molecule has 2 aliphatic rings. The van der Waals surface area contributed by atoms with E-state index in [1.807, 2.05) is 23.0 Å². The largest absolute Gasteiger partial charge is 0.494 e. The molecule has 2 fully saturated rings. The lowest BCUT2D eigenvalue weighted by atomic mass is 10.0. The Hall–Kier alpha value is -3.30. The number of halogens is 1. The lowest BCUT2D eigenvalue weighted by Crippen LogP contribution is -2.55. The molecule has 0 N–H and O–H groups in total. The molecule has 8 nitrogen and oxygen atoms in total. The fraction of sp³-hybridized carbons (Fsp3) is 0.444. The Labute approximate surface area is 210 Å². The first-order valence-electron chi connectivity index (χ1n) is 12.7. The summed E-state index contributed by atoms with van der Waals surface area (Å²) in [7, 11) is 3.69. The van der Waals surface area contributed by atoms with E-state index in [2.05, 4.69) is 45.0 Å². The van der Waals surface area contributed by atoms with E-state index in [0.717, 1.165) is 60.6 Å². The molecule has 1 atom stereocenters. The van der Waals surface area contributed by atoms with Crippen LogP contribution in [0, 0.1) is 5.82 Å². The highest BCUT2D eigenvalue weighted by Gasteiger charge is 2.29. The number of piperazine rings is 1. The first-order chi connectivity index (χ1) is 17.5. The summed E-state index contributed by atoms with van der Waals surface area (Å²) in [4.78, 5) is 16.7. The van der Waals surface area contributed by atoms with Crippen molar-refractivity contribution in [2.75, 3.05) is 51.8 Å². The molecule has 0 aliphatic carbocycles. The van der Waals surface area contributed by atoms with Crippen molar-refractivity contribution >= 4 is 22.2 Å². The van der Waals surface area contributed by atoms with E-state index in [0.29, 0.717) is 17.6 Å². The summed E-state index contributed by atoms with van der Waals surface area (Å²) < 4.78 is 21.3. The van der Waals surface area contributed by atoms with Crippen molar-refractivity contribution in [3.63, 3.8) is 0 Å². The average Bonchev–Trinajstić information content (AvgIpc) is 3.32. The van der Waals surface area contributed by atoms with Gasteiger partial charge in [0.1, 0.15) is 0 Å². The van der Waals surface area contributed by atoms with Crippen LogP contribution in [-0.2, 0) is 0 Å². The second-order valence-corrected chi connectivity index (χ2v) is 10.0. The normalized spacial score (nSPS) is 20.4. The molecular formula is C27H32FN7O. The molecule has 2 saturated heterocycles. The van der Waals surface area contributed by atoms with E-state index in [9.17, 15) is 4.39 Å². The Morgan fingerprint density at radius 2 is 1.86 bits per heavy atom. The first kappa shape index (κ1) is 23.1. The molecule has 1 unspecified atom stereocenters. The quantitative estimate of drug-likeness (QED) is 0.433. The van der Waals surface area contributed by atoms with Gasteiger partial charge < -0.3 is 14.5 Å². The van der Waals surface area contributed by atoms with Crippen molar-refractivity contribution in [3.05, 3.63) is 48.8 Å². The second kappa shape index (κ2) is 9.29. The second-order valence-electron chi connectivity index (χ2n) is 10.0. The number of benzene rings is 1. The molecule has 1 aromatic carbocycles. The van der Waals surface area contributed by atoms with Gasteiger partial charge in [-0.05, 0) is 44.5 Å². The summed E-state index contributed by atoms with van der Waals surface area (Å²) >= 11 is 0. The Morgan fingerprint density at radius 1 is 1.03 bits per heavy atom. The van der Waals surface area contributed by atoms with Gasteiger partial charge in [-0.1, -0.05) is 0 Å². The van der Waals surface area contributed by atoms with Gasteiger partial charge in [-0.15, -0.1) is 0 Å². The number of methoxy groups -OCH3 is 1. The van der Waals surface area contributed by atoms with Gasteiger partial charge in [0.25, 0.3) is 0 Å². The number of piperidine rings is 1. The fourth-order valence-corrected chi connectivity index (χ4v) is 5.65. The number of anilines is 1. The third-order valence-corrected chi connectivity index (χ3v) is 7.99. The van der Waals surface area contributed by atoms with E-state index in [4.69, 9.17) is 9.72 Å². The standard InChI is InChI=1S/C27H32FN7O/c1-18-16-34(11-10-32(18)2)19-5-8-33(9-6-19)20-14-30-27-23(15-31-35(27)17-20)21-4-7-29-25-13-24(28)26(36-3)12-22(21)25/h4,7,12-15,17-19H,5-6,8-11,16H2,1-3H3. The topological polar surface area (TPSA) is 62.0 Å². The molecule has 0 amide bonds. The van der Waals surface area contributed by atoms with E-state index in [1.54, 1.807) is 12.3 Å². The molecule has 5 heterocycles. The number of hydrogen-bond acceptors (Lipinski definition) is 7. The maximum absolute atomic E-state index is 14.2. The SMILES string of the molecule is COc1cc2c(-c3cnn4cc(N5CCC(N6CCN(C)C(C)C6)CC5)cnc34)ccnc2cc1F. The third kappa shape index (κ3) is 4.06. The molecule has 0 radical (unpaired) electrons. The minimum atomic E-state index is -0.428. The van der Waals surface area contributed by atoms with Gasteiger partial charge in [-0.25, -0.2) is 13.9 Å². The van der Waals surface area contributed by atoms with Crippen LogP contribution >= 0.6 is 0 Å². The lowest BCUT2D eigenvalue weighted by molar-refractivity contribution is 0.0627.